The van der Waals surface area contributed by atoms with Crippen LogP contribution in [0.25, 0.3) is 10.8 Å². The van der Waals surface area contributed by atoms with Gasteiger partial charge in [-0.1, -0.05) is 43.7 Å². The van der Waals surface area contributed by atoms with E-state index in [9.17, 15) is 9.59 Å². The van der Waals surface area contributed by atoms with Crippen molar-refractivity contribution in [2.75, 3.05) is 5.32 Å². The predicted molar refractivity (Wildman–Crippen MR) is 82.4 cm³/mol. The molecule has 0 saturated carbocycles. The number of carboxylic acids is 1. The van der Waals surface area contributed by atoms with Gasteiger partial charge in [0.25, 0.3) is 0 Å². The van der Waals surface area contributed by atoms with Crippen molar-refractivity contribution in [3.63, 3.8) is 0 Å². The number of carbonyl (C=O) groups excluding carboxylic acids is 1. The van der Waals surface area contributed by atoms with E-state index in [0.717, 1.165) is 10.8 Å². The number of aliphatic carboxylic acids is 1. The van der Waals surface area contributed by atoms with Crippen LogP contribution in [0.4, 0.5) is 10.5 Å². The molecule has 110 valence electrons. The summed E-state index contributed by atoms with van der Waals surface area (Å²) in [6, 6.07) is 12.0. The van der Waals surface area contributed by atoms with E-state index < -0.39 is 18.0 Å². The van der Waals surface area contributed by atoms with Gasteiger partial charge in [0.15, 0.2) is 0 Å². The Morgan fingerprint density at radius 2 is 1.86 bits per heavy atom. The second kappa shape index (κ2) is 6.74. The summed E-state index contributed by atoms with van der Waals surface area (Å²) in [6.07, 6.45) is 1.09. The molecule has 0 aliphatic rings. The molecule has 2 aromatic carbocycles. The minimum Gasteiger partial charge on any atom is -0.480 e. The van der Waals surface area contributed by atoms with Crippen molar-refractivity contribution in [1.29, 1.82) is 0 Å². The van der Waals surface area contributed by atoms with E-state index in [2.05, 4.69) is 10.6 Å². The number of amides is 2. The molecule has 5 heteroatoms. The summed E-state index contributed by atoms with van der Waals surface area (Å²) < 4.78 is 0. The molecule has 0 aromatic heterocycles. The smallest absolute Gasteiger partial charge is 0.326 e. The van der Waals surface area contributed by atoms with E-state index in [1.807, 2.05) is 43.3 Å². The highest BCUT2D eigenvalue weighted by Gasteiger charge is 2.18. The summed E-state index contributed by atoms with van der Waals surface area (Å²) in [5, 5.41) is 16.2. The number of nitrogens with one attached hydrogen (secondary N) is 2. The Balaban J connectivity index is 2.05. The molecular weight excluding hydrogens is 268 g/mol. The van der Waals surface area contributed by atoms with Crippen LogP contribution in [0.3, 0.4) is 0 Å². The molecule has 2 aromatic rings. The molecule has 5 nitrogen and oxygen atoms in total. The minimum atomic E-state index is -1.02. The molecule has 0 saturated heterocycles. The fourth-order valence-corrected chi connectivity index (χ4v) is 2.14. The van der Waals surface area contributed by atoms with Crippen LogP contribution in [0.2, 0.25) is 0 Å². The fraction of sp³-hybridized carbons (Fsp3) is 0.250. The van der Waals surface area contributed by atoms with E-state index in [1.54, 1.807) is 6.07 Å². The lowest BCUT2D eigenvalue weighted by Gasteiger charge is -2.14. The molecule has 1 atom stereocenters. The van der Waals surface area contributed by atoms with Gasteiger partial charge in [-0.05, 0) is 29.3 Å². The van der Waals surface area contributed by atoms with Crippen LogP contribution in [-0.2, 0) is 4.79 Å². The summed E-state index contributed by atoms with van der Waals surface area (Å²) in [6.45, 7) is 1.87. The maximum absolute atomic E-state index is 11.9. The van der Waals surface area contributed by atoms with Crippen molar-refractivity contribution in [2.45, 2.75) is 25.8 Å². The average molecular weight is 286 g/mol. The van der Waals surface area contributed by atoms with Gasteiger partial charge in [0, 0.05) is 5.69 Å². The van der Waals surface area contributed by atoms with Crippen molar-refractivity contribution in [1.82, 2.24) is 5.32 Å². The quantitative estimate of drug-likeness (QED) is 0.789. The molecule has 0 aliphatic carbocycles. The number of carboxylic acid groups (broad SMARTS) is 1. The molecule has 0 radical (unpaired) electrons. The Morgan fingerprint density at radius 1 is 1.14 bits per heavy atom. The summed E-state index contributed by atoms with van der Waals surface area (Å²) >= 11 is 0. The van der Waals surface area contributed by atoms with Crippen molar-refractivity contribution in [3.8, 4) is 0 Å². The third-order valence-electron chi connectivity index (χ3n) is 3.19. The molecule has 1 unspecified atom stereocenters. The van der Waals surface area contributed by atoms with Gasteiger partial charge in [-0.15, -0.1) is 0 Å². The molecule has 2 rings (SSSR count). The Morgan fingerprint density at radius 3 is 2.52 bits per heavy atom. The standard InChI is InChI=1S/C16H18N2O3/c1-2-5-14(15(19)20)18-16(21)17-13-9-8-11-6-3-4-7-12(11)10-13/h3-4,6-10,14H,2,5H2,1H3,(H,19,20)(H2,17,18,21). The van der Waals surface area contributed by atoms with Crippen molar-refractivity contribution < 1.29 is 14.7 Å². The van der Waals surface area contributed by atoms with E-state index in [-0.39, 0.29) is 0 Å². The normalized spacial score (nSPS) is 11.9. The van der Waals surface area contributed by atoms with Crippen molar-refractivity contribution in [2.24, 2.45) is 0 Å². The zero-order chi connectivity index (χ0) is 15.2. The Labute approximate surface area is 123 Å². The first-order valence-electron chi connectivity index (χ1n) is 6.89. The minimum absolute atomic E-state index is 0.403. The van der Waals surface area contributed by atoms with Crippen LogP contribution in [0.1, 0.15) is 19.8 Å². The van der Waals surface area contributed by atoms with Crippen molar-refractivity contribution in [3.05, 3.63) is 42.5 Å². The molecule has 0 bridgehead atoms. The second-order valence-corrected chi connectivity index (χ2v) is 4.84. The number of anilines is 1. The predicted octanol–water partition coefficient (Wildman–Crippen LogP) is 3.21. The van der Waals surface area contributed by atoms with Gasteiger partial charge in [0.2, 0.25) is 0 Å². The van der Waals surface area contributed by atoms with E-state index in [4.69, 9.17) is 5.11 Å². The van der Waals surface area contributed by atoms with Crippen LogP contribution in [-0.4, -0.2) is 23.1 Å². The van der Waals surface area contributed by atoms with Crippen LogP contribution < -0.4 is 10.6 Å². The SMILES string of the molecule is CCCC(NC(=O)Nc1ccc2ccccc2c1)C(=O)O. The molecule has 3 N–H and O–H groups in total. The highest BCUT2D eigenvalue weighted by Crippen LogP contribution is 2.18. The van der Waals surface area contributed by atoms with Gasteiger partial charge in [-0.25, -0.2) is 9.59 Å². The lowest BCUT2D eigenvalue weighted by atomic mass is 10.1. The van der Waals surface area contributed by atoms with Crippen LogP contribution >= 0.6 is 0 Å². The first-order chi connectivity index (χ1) is 10.1. The molecule has 21 heavy (non-hydrogen) atoms. The lowest BCUT2D eigenvalue weighted by molar-refractivity contribution is -0.139. The van der Waals surface area contributed by atoms with Gasteiger partial charge in [-0.2, -0.15) is 0 Å². The summed E-state index contributed by atoms with van der Waals surface area (Å²) in [5.74, 6) is -1.02. The monoisotopic (exact) mass is 286 g/mol. The Bertz CT molecular complexity index is 655. The number of urea groups is 1. The maximum Gasteiger partial charge on any atom is 0.326 e. The Kier molecular flexibility index (Phi) is 4.77. The molecular formula is C16H18N2O3. The largest absolute Gasteiger partial charge is 0.480 e. The second-order valence-electron chi connectivity index (χ2n) is 4.84. The van der Waals surface area contributed by atoms with E-state index in [1.165, 1.54) is 0 Å². The maximum atomic E-state index is 11.9. The number of hydrogen-bond donors (Lipinski definition) is 3. The van der Waals surface area contributed by atoms with Gasteiger partial charge in [0.05, 0.1) is 0 Å². The molecule has 0 heterocycles. The molecule has 0 aliphatic heterocycles. The van der Waals surface area contributed by atoms with Crippen molar-refractivity contribution >= 4 is 28.5 Å². The summed E-state index contributed by atoms with van der Waals surface area (Å²) in [7, 11) is 0. The van der Waals surface area contributed by atoms with Gasteiger partial charge >= 0.3 is 12.0 Å². The molecule has 0 spiro atoms. The fourth-order valence-electron chi connectivity index (χ4n) is 2.14. The highest BCUT2D eigenvalue weighted by atomic mass is 16.4. The number of benzene rings is 2. The zero-order valence-electron chi connectivity index (χ0n) is 11.8. The summed E-state index contributed by atoms with van der Waals surface area (Å²) in [5.41, 5.74) is 0.631. The van der Waals surface area contributed by atoms with Crippen LogP contribution in [0.15, 0.2) is 42.5 Å². The number of fused-ring (bicyclic) bond motifs is 1. The summed E-state index contributed by atoms with van der Waals surface area (Å²) in [4.78, 5) is 22.9. The van der Waals surface area contributed by atoms with Crippen LogP contribution in [0.5, 0.6) is 0 Å². The Hall–Kier alpha value is -2.56. The van der Waals surface area contributed by atoms with Crippen LogP contribution in [0, 0.1) is 0 Å². The van der Waals surface area contributed by atoms with E-state index >= 15 is 0 Å². The van der Waals surface area contributed by atoms with Gasteiger partial charge in [-0.3, -0.25) is 0 Å². The number of carbonyl (C=O) groups is 2. The molecule has 0 fully saturated rings. The molecule has 2 amide bonds. The van der Waals surface area contributed by atoms with E-state index in [0.29, 0.717) is 18.5 Å². The third kappa shape index (κ3) is 3.95. The highest BCUT2D eigenvalue weighted by molar-refractivity contribution is 5.95. The third-order valence-corrected chi connectivity index (χ3v) is 3.19. The average Bonchev–Trinajstić information content (AvgIpc) is 2.46. The lowest BCUT2D eigenvalue weighted by Crippen LogP contribution is -2.42. The zero-order valence-corrected chi connectivity index (χ0v) is 11.8. The first-order valence-corrected chi connectivity index (χ1v) is 6.89. The first kappa shape index (κ1) is 14.8. The van der Waals surface area contributed by atoms with Gasteiger partial charge in [0.1, 0.15) is 6.04 Å². The topological polar surface area (TPSA) is 78.4 Å². The van der Waals surface area contributed by atoms with Gasteiger partial charge < -0.3 is 15.7 Å². The number of rotatable bonds is 5. The number of hydrogen-bond acceptors (Lipinski definition) is 2.